The molecule has 0 bridgehead atoms. The first-order chi connectivity index (χ1) is 5.16. The van der Waals surface area contributed by atoms with Gasteiger partial charge in [-0.05, 0) is 25.8 Å². The molecule has 4 heteroatoms. The highest BCUT2D eigenvalue weighted by molar-refractivity contribution is 7.93. The molecule has 2 saturated heterocycles. The van der Waals surface area contributed by atoms with E-state index in [1.54, 1.807) is 0 Å². The molecule has 0 aromatic carbocycles. The van der Waals surface area contributed by atoms with Crippen LogP contribution in [0.5, 0.6) is 0 Å². The fourth-order valence-electron chi connectivity index (χ4n) is 2.16. The topological polar surface area (TPSA) is 46.2 Å². The molecule has 0 unspecified atom stereocenters. The Kier molecular flexibility index (Phi) is 1.51. The SMILES string of the molecule is O=S1(=O)CCC[C@@]12CCNC2. The average Bonchev–Trinajstić information content (AvgIpc) is 2.45. The van der Waals surface area contributed by atoms with E-state index in [0.717, 1.165) is 25.8 Å². The Morgan fingerprint density at radius 1 is 1.27 bits per heavy atom. The second-order valence-corrected chi connectivity index (χ2v) is 6.04. The summed E-state index contributed by atoms with van der Waals surface area (Å²) < 4.78 is 22.7. The zero-order valence-corrected chi connectivity index (χ0v) is 7.28. The summed E-state index contributed by atoms with van der Waals surface area (Å²) >= 11 is 0. The van der Waals surface area contributed by atoms with E-state index in [4.69, 9.17) is 0 Å². The summed E-state index contributed by atoms with van der Waals surface area (Å²) in [5, 5.41) is 3.13. The van der Waals surface area contributed by atoms with Crippen LogP contribution in [0.3, 0.4) is 0 Å². The highest BCUT2D eigenvalue weighted by Crippen LogP contribution is 2.36. The lowest BCUT2D eigenvalue weighted by Crippen LogP contribution is -2.36. The lowest BCUT2D eigenvalue weighted by atomic mass is 10.0. The van der Waals surface area contributed by atoms with Gasteiger partial charge >= 0.3 is 0 Å². The van der Waals surface area contributed by atoms with Gasteiger partial charge in [-0.25, -0.2) is 8.42 Å². The second-order valence-electron chi connectivity index (χ2n) is 3.53. The van der Waals surface area contributed by atoms with Crippen LogP contribution in [0, 0.1) is 0 Å². The van der Waals surface area contributed by atoms with Crippen LogP contribution < -0.4 is 5.32 Å². The Balaban J connectivity index is 2.37. The van der Waals surface area contributed by atoms with Crippen LogP contribution in [0.1, 0.15) is 19.3 Å². The molecule has 11 heavy (non-hydrogen) atoms. The van der Waals surface area contributed by atoms with E-state index in [0.29, 0.717) is 12.3 Å². The molecule has 0 aliphatic carbocycles. The Hall–Kier alpha value is -0.0900. The average molecular weight is 175 g/mol. The minimum atomic E-state index is -2.75. The van der Waals surface area contributed by atoms with Crippen molar-refractivity contribution >= 4 is 9.84 Å². The van der Waals surface area contributed by atoms with Crippen molar-refractivity contribution in [3.8, 4) is 0 Å². The number of nitrogens with one attached hydrogen (secondary N) is 1. The van der Waals surface area contributed by atoms with Crippen LogP contribution in [0.15, 0.2) is 0 Å². The summed E-state index contributed by atoms with van der Waals surface area (Å²) in [5.74, 6) is 0.411. The van der Waals surface area contributed by atoms with Crippen molar-refractivity contribution in [1.82, 2.24) is 5.32 Å². The standard InChI is InChI=1S/C7H13NO2S/c9-11(10)5-1-2-7(11)3-4-8-6-7/h8H,1-6H2/t7-/m0/s1. The second kappa shape index (κ2) is 2.20. The van der Waals surface area contributed by atoms with E-state index >= 15 is 0 Å². The monoisotopic (exact) mass is 175 g/mol. The summed E-state index contributed by atoms with van der Waals surface area (Å²) in [6.07, 6.45) is 2.57. The van der Waals surface area contributed by atoms with Gasteiger partial charge in [-0.15, -0.1) is 0 Å². The first-order valence-electron chi connectivity index (χ1n) is 4.09. The van der Waals surface area contributed by atoms with Crippen molar-refractivity contribution in [3.63, 3.8) is 0 Å². The summed E-state index contributed by atoms with van der Waals surface area (Å²) in [5.41, 5.74) is 0. The largest absolute Gasteiger partial charge is 0.315 e. The minimum Gasteiger partial charge on any atom is -0.315 e. The zero-order chi connectivity index (χ0) is 7.95. The van der Waals surface area contributed by atoms with Crippen LogP contribution in [0.2, 0.25) is 0 Å². The molecule has 0 saturated carbocycles. The smallest absolute Gasteiger partial charge is 0.157 e. The van der Waals surface area contributed by atoms with Crippen LogP contribution >= 0.6 is 0 Å². The third-order valence-electron chi connectivity index (χ3n) is 2.91. The van der Waals surface area contributed by atoms with Gasteiger partial charge in [0, 0.05) is 6.54 Å². The maximum Gasteiger partial charge on any atom is 0.157 e. The predicted molar refractivity (Wildman–Crippen MR) is 43.2 cm³/mol. The van der Waals surface area contributed by atoms with Gasteiger partial charge in [0.2, 0.25) is 0 Å². The van der Waals surface area contributed by atoms with E-state index in [1.807, 2.05) is 0 Å². The molecule has 1 atom stereocenters. The van der Waals surface area contributed by atoms with Gasteiger partial charge in [-0.3, -0.25) is 0 Å². The van der Waals surface area contributed by atoms with Gasteiger partial charge < -0.3 is 5.32 Å². The number of sulfone groups is 1. The molecule has 0 aromatic heterocycles. The highest BCUT2D eigenvalue weighted by Gasteiger charge is 2.49. The van der Waals surface area contributed by atoms with Gasteiger partial charge in [-0.1, -0.05) is 0 Å². The predicted octanol–water partition coefficient (Wildman–Crippen LogP) is -0.0729. The van der Waals surface area contributed by atoms with Crippen molar-refractivity contribution in [2.75, 3.05) is 18.8 Å². The maximum absolute atomic E-state index is 11.5. The number of rotatable bonds is 0. The van der Waals surface area contributed by atoms with Crippen LogP contribution in [0.4, 0.5) is 0 Å². The number of hydrogen-bond donors (Lipinski definition) is 1. The van der Waals surface area contributed by atoms with Crippen LogP contribution in [-0.4, -0.2) is 32.0 Å². The van der Waals surface area contributed by atoms with Crippen molar-refractivity contribution in [2.45, 2.75) is 24.0 Å². The molecule has 2 aliphatic rings. The summed E-state index contributed by atoms with van der Waals surface area (Å²) in [4.78, 5) is 0. The van der Waals surface area contributed by atoms with Crippen LogP contribution in [0.25, 0.3) is 0 Å². The molecule has 0 amide bonds. The van der Waals surface area contributed by atoms with Gasteiger partial charge in [0.15, 0.2) is 9.84 Å². The van der Waals surface area contributed by atoms with Crippen molar-refractivity contribution < 1.29 is 8.42 Å². The molecule has 2 aliphatic heterocycles. The van der Waals surface area contributed by atoms with E-state index in [2.05, 4.69) is 5.32 Å². The van der Waals surface area contributed by atoms with Gasteiger partial charge in [0.25, 0.3) is 0 Å². The summed E-state index contributed by atoms with van der Waals surface area (Å²) in [6, 6.07) is 0. The molecule has 1 spiro atoms. The third-order valence-corrected chi connectivity index (χ3v) is 5.61. The summed E-state index contributed by atoms with van der Waals surface area (Å²) in [7, 11) is -2.75. The molecule has 0 radical (unpaired) electrons. The zero-order valence-electron chi connectivity index (χ0n) is 6.47. The van der Waals surface area contributed by atoms with Crippen molar-refractivity contribution in [3.05, 3.63) is 0 Å². The highest BCUT2D eigenvalue weighted by atomic mass is 32.2. The van der Waals surface area contributed by atoms with Crippen molar-refractivity contribution in [2.24, 2.45) is 0 Å². The Morgan fingerprint density at radius 2 is 2.09 bits per heavy atom. The quantitative estimate of drug-likeness (QED) is 0.560. The molecule has 2 rings (SSSR count). The Bertz CT molecular complexity index is 246. The fourth-order valence-corrected chi connectivity index (χ4v) is 4.30. The van der Waals surface area contributed by atoms with Crippen LogP contribution in [-0.2, 0) is 9.84 Å². The van der Waals surface area contributed by atoms with Crippen molar-refractivity contribution in [1.29, 1.82) is 0 Å². The fraction of sp³-hybridized carbons (Fsp3) is 1.00. The summed E-state index contributed by atoms with van der Waals surface area (Å²) in [6.45, 7) is 1.56. The van der Waals surface area contributed by atoms with Gasteiger partial charge in [0.1, 0.15) is 0 Å². The molecular weight excluding hydrogens is 162 g/mol. The Labute approximate surface area is 67.1 Å². The molecule has 64 valence electrons. The lowest BCUT2D eigenvalue weighted by Gasteiger charge is -2.19. The molecule has 2 heterocycles. The van der Waals surface area contributed by atoms with E-state index in [9.17, 15) is 8.42 Å². The normalized spacial score (nSPS) is 41.8. The molecule has 0 aromatic rings. The van der Waals surface area contributed by atoms with Gasteiger partial charge in [0.05, 0.1) is 10.5 Å². The lowest BCUT2D eigenvalue weighted by molar-refractivity contribution is 0.534. The molecular formula is C7H13NO2S. The molecule has 2 fully saturated rings. The van der Waals surface area contributed by atoms with E-state index in [1.165, 1.54) is 0 Å². The minimum absolute atomic E-state index is 0.354. The molecule has 3 nitrogen and oxygen atoms in total. The first kappa shape index (κ1) is 7.55. The Morgan fingerprint density at radius 3 is 2.55 bits per heavy atom. The van der Waals surface area contributed by atoms with Gasteiger partial charge in [-0.2, -0.15) is 0 Å². The van der Waals surface area contributed by atoms with E-state index < -0.39 is 9.84 Å². The maximum atomic E-state index is 11.5. The molecule has 1 N–H and O–H groups in total. The van der Waals surface area contributed by atoms with E-state index in [-0.39, 0.29) is 4.75 Å². The number of hydrogen-bond acceptors (Lipinski definition) is 3. The third kappa shape index (κ3) is 0.924. The first-order valence-corrected chi connectivity index (χ1v) is 5.75.